The molecule has 31 heavy (non-hydrogen) atoms. The van der Waals surface area contributed by atoms with Gasteiger partial charge in [-0.15, -0.1) is 0 Å². The molecule has 1 aromatic heterocycles. The van der Waals surface area contributed by atoms with Crippen molar-refractivity contribution in [3.63, 3.8) is 0 Å². The molecule has 158 valence electrons. The molecule has 1 N–H and O–H groups in total. The Kier molecular flexibility index (Phi) is 4.65. The van der Waals surface area contributed by atoms with Crippen LogP contribution < -0.4 is 5.32 Å². The molecule has 5 rings (SSSR count). The minimum atomic E-state index is -0.808. The third-order valence-corrected chi connectivity index (χ3v) is 6.62. The van der Waals surface area contributed by atoms with Gasteiger partial charge in [-0.3, -0.25) is 14.5 Å². The van der Waals surface area contributed by atoms with Gasteiger partial charge in [0.15, 0.2) is 5.78 Å². The van der Waals surface area contributed by atoms with Crippen molar-refractivity contribution in [3.05, 3.63) is 60.2 Å². The number of rotatable bonds is 5. The van der Waals surface area contributed by atoms with Crippen LogP contribution in [0.1, 0.15) is 43.0 Å². The first-order valence-electron chi connectivity index (χ1n) is 10.9. The third-order valence-electron chi connectivity index (χ3n) is 6.62. The van der Waals surface area contributed by atoms with E-state index in [1.807, 2.05) is 54.6 Å². The summed E-state index contributed by atoms with van der Waals surface area (Å²) in [6, 6.07) is 17.2. The smallest absolute Gasteiger partial charge is 0.325 e. The number of hydrogen-bond donors (Lipinski definition) is 1. The molecule has 1 aliphatic carbocycles. The highest BCUT2D eigenvalue weighted by Crippen LogP contribution is 2.37. The summed E-state index contributed by atoms with van der Waals surface area (Å²) in [4.78, 5) is 40.5. The summed E-state index contributed by atoms with van der Waals surface area (Å²) in [5.74, 6) is -0.482. The van der Waals surface area contributed by atoms with E-state index in [-0.39, 0.29) is 18.2 Å². The van der Waals surface area contributed by atoms with E-state index in [0.717, 1.165) is 39.9 Å². The third kappa shape index (κ3) is 2.97. The Morgan fingerprint density at radius 1 is 1.00 bits per heavy atom. The second-order valence-corrected chi connectivity index (χ2v) is 8.38. The van der Waals surface area contributed by atoms with Gasteiger partial charge in [0, 0.05) is 17.4 Å². The maximum atomic E-state index is 13.6. The van der Waals surface area contributed by atoms with Gasteiger partial charge < -0.3 is 9.88 Å². The average molecular weight is 415 g/mol. The number of aromatic nitrogens is 1. The number of urea groups is 1. The van der Waals surface area contributed by atoms with Gasteiger partial charge in [0.1, 0.15) is 5.54 Å². The van der Waals surface area contributed by atoms with Crippen molar-refractivity contribution in [2.24, 2.45) is 0 Å². The molecule has 1 aliphatic heterocycles. The van der Waals surface area contributed by atoms with Crippen molar-refractivity contribution in [2.75, 3.05) is 6.54 Å². The molecular weight excluding hydrogens is 390 g/mol. The molecule has 2 fully saturated rings. The van der Waals surface area contributed by atoms with E-state index in [1.54, 1.807) is 0 Å². The highest BCUT2D eigenvalue weighted by molar-refractivity contribution is 6.17. The molecule has 1 saturated carbocycles. The number of Topliss-reactive ketones (excluding diaryl/α,β-unsaturated/α-hetero) is 1. The van der Waals surface area contributed by atoms with Crippen molar-refractivity contribution in [1.29, 1.82) is 0 Å². The van der Waals surface area contributed by atoms with Crippen LogP contribution >= 0.6 is 0 Å². The van der Waals surface area contributed by atoms with E-state index in [0.29, 0.717) is 24.9 Å². The number of carbonyl (C=O) groups excluding carboxylic acids is 3. The zero-order chi connectivity index (χ0) is 21.6. The number of hydrogen-bond acceptors (Lipinski definition) is 3. The topological polar surface area (TPSA) is 71.4 Å². The highest BCUT2D eigenvalue weighted by Gasteiger charge is 2.52. The molecular formula is C25H25N3O3. The zero-order valence-electron chi connectivity index (χ0n) is 17.6. The second-order valence-electron chi connectivity index (χ2n) is 8.38. The zero-order valence-corrected chi connectivity index (χ0v) is 17.6. The fourth-order valence-electron chi connectivity index (χ4n) is 5.17. The molecule has 3 amide bonds. The summed E-state index contributed by atoms with van der Waals surface area (Å²) in [5.41, 5.74) is 2.50. The van der Waals surface area contributed by atoms with E-state index >= 15 is 0 Å². The van der Waals surface area contributed by atoms with Crippen LogP contribution in [0.15, 0.2) is 54.6 Å². The molecule has 1 spiro atoms. The number of para-hydroxylation sites is 1. The largest absolute Gasteiger partial charge is 0.340 e. The number of nitrogens with one attached hydrogen (secondary N) is 1. The fraction of sp³-hybridized carbons (Fsp3) is 0.320. The van der Waals surface area contributed by atoms with Gasteiger partial charge in [-0.2, -0.15) is 0 Å². The average Bonchev–Trinajstić information content (AvgIpc) is 3.45. The first kappa shape index (κ1) is 19.5. The van der Waals surface area contributed by atoms with Crippen LogP contribution in [0.3, 0.4) is 0 Å². The Hall–Kier alpha value is -3.41. The molecule has 2 aliphatic rings. The molecule has 6 heteroatoms. The summed E-state index contributed by atoms with van der Waals surface area (Å²) in [6.45, 7) is 2.50. The number of aryl methyl sites for hydroxylation is 1. The fourth-order valence-corrected chi connectivity index (χ4v) is 5.17. The normalized spacial score (nSPS) is 17.6. The molecule has 6 nitrogen and oxygen atoms in total. The lowest BCUT2D eigenvalue weighted by molar-refractivity contribution is -0.130. The first-order valence-corrected chi connectivity index (χ1v) is 10.9. The van der Waals surface area contributed by atoms with Gasteiger partial charge in [-0.05, 0) is 31.4 Å². The van der Waals surface area contributed by atoms with Gasteiger partial charge in [-0.25, -0.2) is 4.79 Å². The number of benzene rings is 2. The van der Waals surface area contributed by atoms with Gasteiger partial charge in [-0.1, -0.05) is 61.4 Å². The molecule has 0 bridgehead atoms. The molecule has 2 aromatic carbocycles. The van der Waals surface area contributed by atoms with Crippen LogP contribution in [0.2, 0.25) is 0 Å². The van der Waals surface area contributed by atoms with Gasteiger partial charge >= 0.3 is 6.03 Å². The molecule has 0 radical (unpaired) electrons. The van der Waals surface area contributed by atoms with E-state index in [9.17, 15) is 14.4 Å². The Bertz CT molecular complexity index is 1190. The van der Waals surface area contributed by atoms with Crippen LogP contribution in [0, 0.1) is 0 Å². The first-order chi connectivity index (χ1) is 15.1. The minimum absolute atomic E-state index is 0.221. The lowest BCUT2D eigenvalue weighted by Crippen LogP contribution is -2.44. The van der Waals surface area contributed by atoms with Crippen LogP contribution in [-0.2, 0) is 11.3 Å². The Labute approximate surface area is 180 Å². The van der Waals surface area contributed by atoms with Gasteiger partial charge in [0.2, 0.25) is 0 Å². The Balaban J connectivity index is 1.59. The van der Waals surface area contributed by atoms with Crippen molar-refractivity contribution in [2.45, 2.75) is 44.7 Å². The summed E-state index contributed by atoms with van der Waals surface area (Å²) >= 11 is 0. The number of fused-ring (bicyclic) bond motifs is 1. The van der Waals surface area contributed by atoms with Crippen molar-refractivity contribution < 1.29 is 14.4 Å². The lowest BCUT2D eigenvalue weighted by Gasteiger charge is -2.19. The van der Waals surface area contributed by atoms with E-state index < -0.39 is 11.6 Å². The summed E-state index contributed by atoms with van der Waals surface area (Å²) < 4.78 is 2.13. The van der Waals surface area contributed by atoms with Crippen molar-refractivity contribution in [3.8, 4) is 11.3 Å². The number of carbonyl (C=O) groups is 3. The van der Waals surface area contributed by atoms with Crippen LogP contribution in [0.25, 0.3) is 22.2 Å². The predicted octanol–water partition coefficient (Wildman–Crippen LogP) is 4.38. The molecule has 0 unspecified atom stereocenters. The molecule has 0 atom stereocenters. The molecule has 3 aromatic rings. The summed E-state index contributed by atoms with van der Waals surface area (Å²) in [6.07, 6.45) is 3.12. The van der Waals surface area contributed by atoms with Crippen LogP contribution in [0.4, 0.5) is 4.79 Å². The molecule has 1 saturated heterocycles. The Morgan fingerprint density at radius 2 is 1.68 bits per heavy atom. The maximum absolute atomic E-state index is 13.6. The van der Waals surface area contributed by atoms with E-state index in [4.69, 9.17) is 0 Å². The number of amides is 3. The van der Waals surface area contributed by atoms with Gasteiger partial charge in [0.05, 0.1) is 17.8 Å². The van der Waals surface area contributed by atoms with E-state index in [2.05, 4.69) is 16.8 Å². The highest BCUT2D eigenvalue weighted by atomic mass is 16.2. The maximum Gasteiger partial charge on any atom is 0.325 e. The van der Waals surface area contributed by atoms with Gasteiger partial charge in [0.25, 0.3) is 5.91 Å². The van der Waals surface area contributed by atoms with Crippen molar-refractivity contribution >= 4 is 28.6 Å². The monoisotopic (exact) mass is 415 g/mol. The van der Waals surface area contributed by atoms with Crippen molar-refractivity contribution in [1.82, 2.24) is 14.8 Å². The second kappa shape index (κ2) is 7.38. The standard InChI is InChI=1S/C25H25N3O3/c1-2-27-19-13-7-6-12-18(19)21(22(27)17-10-4-3-5-11-17)20(29)16-28-23(30)25(26-24(28)31)14-8-9-15-25/h3-7,10-13H,2,8-9,14-16H2,1H3,(H,26,31). The van der Waals surface area contributed by atoms with E-state index in [1.165, 1.54) is 0 Å². The predicted molar refractivity (Wildman–Crippen MR) is 119 cm³/mol. The number of imide groups is 1. The quantitative estimate of drug-likeness (QED) is 0.497. The summed E-state index contributed by atoms with van der Waals surface area (Å²) in [7, 11) is 0. The Morgan fingerprint density at radius 3 is 2.39 bits per heavy atom. The minimum Gasteiger partial charge on any atom is -0.340 e. The number of nitrogens with zero attached hydrogens (tertiary/aromatic N) is 2. The lowest BCUT2D eigenvalue weighted by atomic mass is 9.97. The SMILES string of the molecule is CCn1c(-c2ccccc2)c(C(=O)CN2C(=O)NC3(CCCC3)C2=O)c2ccccc21. The number of ketones is 1. The van der Waals surface area contributed by atoms with Crippen LogP contribution in [0.5, 0.6) is 0 Å². The summed E-state index contributed by atoms with van der Waals surface area (Å²) in [5, 5.41) is 3.71. The van der Waals surface area contributed by atoms with Crippen LogP contribution in [-0.4, -0.2) is 39.3 Å². The molecule has 2 heterocycles.